The zero-order chi connectivity index (χ0) is 17.4. The van der Waals surface area contributed by atoms with Gasteiger partial charge in [-0.05, 0) is 42.4 Å². The lowest BCUT2D eigenvalue weighted by Crippen LogP contribution is -2.24. The summed E-state index contributed by atoms with van der Waals surface area (Å²) < 4.78 is 24.7. The fourth-order valence-electron chi connectivity index (χ4n) is 3.51. The summed E-state index contributed by atoms with van der Waals surface area (Å²) in [5.74, 6) is -0.345. The fraction of sp³-hybridized carbons (Fsp3) is 0.500. The Labute approximate surface area is 136 Å². The molecule has 0 bridgehead atoms. The van der Waals surface area contributed by atoms with E-state index in [0.29, 0.717) is 11.5 Å². The maximum atomic E-state index is 12.3. The number of nitrogens with two attached hydrogens (primary N) is 2. The van der Waals surface area contributed by atoms with Crippen LogP contribution in [0, 0.1) is 12.8 Å². The predicted octanol–water partition coefficient (Wildman–Crippen LogP) is 1.72. The Balaban J connectivity index is 2.66. The normalized spacial score (nSPS) is 21.2. The Morgan fingerprint density at radius 3 is 2.39 bits per heavy atom. The van der Waals surface area contributed by atoms with Crippen molar-refractivity contribution in [2.24, 2.45) is 22.4 Å². The van der Waals surface area contributed by atoms with Crippen molar-refractivity contribution in [1.82, 2.24) is 0 Å². The fourth-order valence-corrected chi connectivity index (χ4v) is 4.83. The van der Waals surface area contributed by atoms with Gasteiger partial charge in [0.1, 0.15) is 0 Å². The van der Waals surface area contributed by atoms with Crippen molar-refractivity contribution < 1.29 is 13.2 Å². The summed E-state index contributed by atoms with van der Waals surface area (Å²) in [6, 6.07) is 3.37. The lowest BCUT2D eigenvalue weighted by Gasteiger charge is -2.21. The summed E-state index contributed by atoms with van der Waals surface area (Å²) >= 11 is 0. The average Bonchev–Trinajstić information content (AvgIpc) is 2.81. The van der Waals surface area contributed by atoms with Crippen LogP contribution in [0.3, 0.4) is 0 Å². The van der Waals surface area contributed by atoms with E-state index in [9.17, 15) is 13.2 Å². The summed E-state index contributed by atoms with van der Waals surface area (Å²) in [5.41, 5.74) is 11.9. The molecule has 2 atom stereocenters. The topological polar surface area (TPSA) is 116 Å². The van der Waals surface area contributed by atoms with Gasteiger partial charge in [-0.1, -0.05) is 25.8 Å². The Morgan fingerprint density at radius 2 is 1.91 bits per heavy atom. The van der Waals surface area contributed by atoms with Gasteiger partial charge >= 0.3 is 0 Å². The molecule has 1 aliphatic rings. The second-order valence-electron chi connectivity index (χ2n) is 6.29. The number of sulfone groups is 1. The van der Waals surface area contributed by atoms with Crippen LogP contribution in [0.25, 0.3) is 0 Å². The molecule has 7 heteroatoms. The van der Waals surface area contributed by atoms with Crippen LogP contribution in [0.5, 0.6) is 0 Å². The van der Waals surface area contributed by atoms with Crippen LogP contribution in [0.4, 0.5) is 0 Å². The molecule has 2 unspecified atom stereocenters. The van der Waals surface area contributed by atoms with Gasteiger partial charge < -0.3 is 11.5 Å². The first-order valence-electron chi connectivity index (χ1n) is 7.60. The molecule has 1 fully saturated rings. The maximum absolute atomic E-state index is 12.3. The Bertz CT molecular complexity index is 765. The van der Waals surface area contributed by atoms with E-state index < -0.39 is 15.7 Å². The van der Waals surface area contributed by atoms with Gasteiger partial charge in [-0.25, -0.2) is 8.42 Å². The Hall–Kier alpha value is -1.89. The van der Waals surface area contributed by atoms with Crippen LogP contribution in [0.2, 0.25) is 0 Å². The van der Waals surface area contributed by atoms with E-state index >= 15 is 0 Å². The van der Waals surface area contributed by atoms with Crippen molar-refractivity contribution in [3.63, 3.8) is 0 Å². The van der Waals surface area contributed by atoms with Crippen molar-refractivity contribution in [2.45, 2.75) is 43.9 Å². The molecule has 0 radical (unpaired) electrons. The highest BCUT2D eigenvalue weighted by molar-refractivity contribution is 7.90. The molecule has 1 saturated carbocycles. The van der Waals surface area contributed by atoms with Gasteiger partial charge in [0, 0.05) is 11.8 Å². The minimum Gasteiger partial charge on any atom is -0.370 e. The third kappa shape index (κ3) is 3.55. The number of nitrogens with zero attached hydrogens (tertiary/aromatic N) is 1. The lowest BCUT2D eigenvalue weighted by atomic mass is 9.88. The van der Waals surface area contributed by atoms with Gasteiger partial charge in [0.25, 0.3) is 5.91 Å². The summed E-state index contributed by atoms with van der Waals surface area (Å²) in [7, 11) is -3.47. The molecule has 1 aromatic rings. The van der Waals surface area contributed by atoms with Crippen molar-refractivity contribution in [3.05, 3.63) is 28.8 Å². The third-order valence-electron chi connectivity index (χ3n) is 4.53. The number of carbonyl (C=O) groups excluding carboxylic acids is 1. The number of rotatable bonds is 3. The Kier molecular flexibility index (Phi) is 4.79. The summed E-state index contributed by atoms with van der Waals surface area (Å²) in [4.78, 5) is 15.9. The van der Waals surface area contributed by atoms with Gasteiger partial charge in [-0.3, -0.25) is 4.79 Å². The van der Waals surface area contributed by atoms with Crippen molar-refractivity contribution >= 4 is 21.7 Å². The van der Waals surface area contributed by atoms with Crippen molar-refractivity contribution in [2.75, 3.05) is 6.26 Å². The highest BCUT2D eigenvalue weighted by atomic mass is 32.2. The first kappa shape index (κ1) is 17.5. The molecule has 0 heterocycles. The molecule has 1 aromatic carbocycles. The molecule has 2 rings (SSSR count). The second kappa shape index (κ2) is 6.31. The van der Waals surface area contributed by atoms with Crippen LogP contribution >= 0.6 is 0 Å². The first-order valence-corrected chi connectivity index (χ1v) is 9.49. The van der Waals surface area contributed by atoms with E-state index in [1.807, 2.05) is 0 Å². The molecule has 126 valence electrons. The van der Waals surface area contributed by atoms with Crippen LogP contribution < -0.4 is 11.5 Å². The maximum Gasteiger partial charge on any atom is 0.280 e. The van der Waals surface area contributed by atoms with E-state index in [-0.39, 0.29) is 22.3 Å². The highest BCUT2D eigenvalue weighted by Gasteiger charge is 2.31. The number of carbonyl (C=O) groups is 1. The van der Waals surface area contributed by atoms with Gasteiger partial charge in [-0.2, -0.15) is 4.99 Å². The molecule has 6 nitrogen and oxygen atoms in total. The molecular weight excluding hydrogens is 314 g/mol. The number of aliphatic imine (C=N–C) groups is 1. The zero-order valence-electron chi connectivity index (χ0n) is 13.7. The van der Waals surface area contributed by atoms with Gasteiger partial charge in [-0.15, -0.1) is 0 Å². The zero-order valence-corrected chi connectivity index (χ0v) is 14.5. The number of guanidine groups is 1. The number of hydrogen-bond donors (Lipinski definition) is 2. The molecular formula is C16H23N3O3S. The SMILES string of the molecule is Cc1c(C(=O)N=C(N)N)ccc(C2CCCC2C)c1S(C)(=O)=O. The van der Waals surface area contributed by atoms with Crippen LogP contribution in [0.1, 0.15) is 53.6 Å². The summed E-state index contributed by atoms with van der Waals surface area (Å²) in [6.07, 6.45) is 4.31. The number of amides is 1. The summed E-state index contributed by atoms with van der Waals surface area (Å²) in [6.45, 7) is 3.77. The van der Waals surface area contributed by atoms with E-state index in [4.69, 9.17) is 11.5 Å². The standard InChI is InChI=1S/C16H23N3O3S/c1-9-5-4-6-11(9)13-8-7-12(15(20)19-16(17)18)10(2)14(13)23(3,21)22/h7-9,11H,4-6H2,1-3H3,(H4,17,18,19,20). The van der Waals surface area contributed by atoms with Crippen molar-refractivity contribution in [3.8, 4) is 0 Å². The van der Waals surface area contributed by atoms with E-state index in [1.54, 1.807) is 19.1 Å². The molecule has 0 saturated heterocycles. The van der Waals surface area contributed by atoms with Crippen LogP contribution in [-0.4, -0.2) is 26.5 Å². The molecule has 1 amide bonds. The van der Waals surface area contributed by atoms with E-state index in [2.05, 4.69) is 11.9 Å². The molecule has 0 aliphatic heterocycles. The average molecular weight is 337 g/mol. The van der Waals surface area contributed by atoms with E-state index in [0.717, 1.165) is 24.8 Å². The molecule has 23 heavy (non-hydrogen) atoms. The largest absolute Gasteiger partial charge is 0.370 e. The molecule has 0 aromatic heterocycles. The third-order valence-corrected chi connectivity index (χ3v) is 5.81. The Morgan fingerprint density at radius 1 is 1.26 bits per heavy atom. The van der Waals surface area contributed by atoms with Gasteiger partial charge in [0.05, 0.1) is 4.90 Å². The second-order valence-corrected chi connectivity index (χ2v) is 8.24. The smallest absolute Gasteiger partial charge is 0.280 e. The number of hydrogen-bond acceptors (Lipinski definition) is 3. The minimum atomic E-state index is -3.47. The van der Waals surface area contributed by atoms with Crippen LogP contribution in [0.15, 0.2) is 22.0 Å². The summed E-state index contributed by atoms with van der Waals surface area (Å²) in [5, 5.41) is 0. The number of benzene rings is 1. The quantitative estimate of drug-likeness (QED) is 0.643. The van der Waals surface area contributed by atoms with Crippen molar-refractivity contribution in [1.29, 1.82) is 0 Å². The first-order chi connectivity index (χ1) is 10.6. The minimum absolute atomic E-state index is 0.200. The monoisotopic (exact) mass is 337 g/mol. The van der Waals surface area contributed by atoms with E-state index in [1.165, 1.54) is 6.26 Å². The lowest BCUT2D eigenvalue weighted by molar-refractivity contribution is 0.100. The molecule has 1 aliphatic carbocycles. The molecule has 4 N–H and O–H groups in total. The highest BCUT2D eigenvalue weighted by Crippen LogP contribution is 2.42. The van der Waals surface area contributed by atoms with Crippen LogP contribution in [-0.2, 0) is 9.84 Å². The molecule has 0 spiro atoms. The van der Waals surface area contributed by atoms with Gasteiger partial charge in [0.2, 0.25) is 0 Å². The predicted molar refractivity (Wildman–Crippen MR) is 90.2 cm³/mol. The van der Waals surface area contributed by atoms with Gasteiger partial charge in [0.15, 0.2) is 15.8 Å².